The predicted molar refractivity (Wildman–Crippen MR) is 149 cm³/mol. The molecule has 0 aliphatic carbocycles. The van der Waals surface area contributed by atoms with Gasteiger partial charge in [0.15, 0.2) is 16.6 Å². The molecule has 0 radical (unpaired) electrons. The van der Waals surface area contributed by atoms with Gasteiger partial charge in [0.05, 0.1) is 35.0 Å². The number of benzene rings is 3. The fourth-order valence-electron chi connectivity index (χ4n) is 4.50. The maximum atomic E-state index is 13.9. The molecule has 200 valence electrons. The summed E-state index contributed by atoms with van der Waals surface area (Å²) >= 11 is 1.09. The van der Waals surface area contributed by atoms with Crippen molar-refractivity contribution in [3.8, 4) is 11.5 Å². The van der Waals surface area contributed by atoms with Crippen LogP contribution in [0.1, 0.15) is 43.0 Å². The van der Waals surface area contributed by atoms with E-state index in [1.165, 1.54) is 23.1 Å². The van der Waals surface area contributed by atoms with E-state index in [0.29, 0.717) is 46.1 Å². The second-order valence-corrected chi connectivity index (χ2v) is 10.1. The van der Waals surface area contributed by atoms with Gasteiger partial charge in [-0.2, -0.15) is 0 Å². The summed E-state index contributed by atoms with van der Waals surface area (Å²) in [5.74, 6) is -1.41. The van der Waals surface area contributed by atoms with E-state index in [-0.39, 0.29) is 16.5 Å². The summed E-state index contributed by atoms with van der Waals surface area (Å²) in [5.41, 5.74) is 2.34. The van der Waals surface area contributed by atoms with Crippen LogP contribution in [0.25, 0.3) is 16.0 Å². The van der Waals surface area contributed by atoms with E-state index in [0.717, 1.165) is 23.3 Å². The average Bonchev–Trinajstić information content (AvgIpc) is 3.45. The molecule has 1 amide bonds. The molecule has 1 aliphatic rings. The van der Waals surface area contributed by atoms with Crippen LogP contribution in [-0.4, -0.2) is 35.0 Å². The van der Waals surface area contributed by atoms with Crippen LogP contribution in [0.2, 0.25) is 0 Å². The number of aryl methyl sites for hydroxylation is 1. The molecule has 1 aromatic heterocycles. The summed E-state index contributed by atoms with van der Waals surface area (Å²) in [6.45, 7) is 6.62. The lowest BCUT2D eigenvalue weighted by Gasteiger charge is -2.24. The average molecular weight is 547 g/mol. The van der Waals surface area contributed by atoms with Gasteiger partial charge >= 0.3 is 5.91 Å². The zero-order valence-corrected chi connectivity index (χ0v) is 22.5. The van der Waals surface area contributed by atoms with Crippen molar-refractivity contribution in [2.45, 2.75) is 33.2 Å². The van der Waals surface area contributed by atoms with Crippen LogP contribution in [0.4, 0.5) is 9.52 Å². The first-order valence-corrected chi connectivity index (χ1v) is 13.5. The molecule has 9 heteroatoms. The smallest absolute Gasteiger partial charge is 0.301 e. The quantitative estimate of drug-likeness (QED) is 0.153. The summed E-state index contributed by atoms with van der Waals surface area (Å²) in [4.78, 5) is 32.8. The summed E-state index contributed by atoms with van der Waals surface area (Å²) in [5, 5.41) is 11.6. The van der Waals surface area contributed by atoms with E-state index in [4.69, 9.17) is 9.47 Å². The lowest BCUT2D eigenvalue weighted by Crippen LogP contribution is -2.29. The number of rotatable bonds is 8. The molecule has 0 spiro atoms. The Morgan fingerprint density at radius 3 is 2.51 bits per heavy atom. The van der Waals surface area contributed by atoms with E-state index in [9.17, 15) is 19.1 Å². The number of amides is 1. The first-order valence-electron chi connectivity index (χ1n) is 12.7. The Morgan fingerprint density at radius 2 is 1.79 bits per heavy atom. The van der Waals surface area contributed by atoms with Gasteiger partial charge in [0.25, 0.3) is 5.78 Å². The Labute approximate surface area is 229 Å². The molecule has 1 fully saturated rings. The molecule has 1 N–H and O–H groups in total. The minimum atomic E-state index is -1.00. The van der Waals surface area contributed by atoms with Gasteiger partial charge in [-0.05, 0) is 56.2 Å². The summed E-state index contributed by atoms with van der Waals surface area (Å²) in [6.07, 6.45) is 0.808. The van der Waals surface area contributed by atoms with Crippen LogP contribution in [0.3, 0.4) is 0 Å². The topological polar surface area (TPSA) is 89.0 Å². The number of thiazole rings is 1. The van der Waals surface area contributed by atoms with Gasteiger partial charge in [0, 0.05) is 5.56 Å². The number of aliphatic hydroxyl groups excluding tert-OH is 1. The number of aliphatic hydroxyl groups is 1. The highest BCUT2D eigenvalue weighted by Crippen LogP contribution is 2.46. The normalized spacial score (nSPS) is 16.7. The maximum Gasteiger partial charge on any atom is 0.301 e. The number of Topliss-reactive ketones (excluding diaryl/α,β-unsaturated/α-hetero) is 1. The second kappa shape index (κ2) is 10.9. The highest BCUT2D eigenvalue weighted by atomic mass is 32.1. The third-order valence-electron chi connectivity index (χ3n) is 6.36. The minimum Gasteiger partial charge on any atom is -0.507 e. The van der Waals surface area contributed by atoms with Gasteiger partial charge in [-0.25, -0.2) is 9.37 Å². The maximum absolute atomic E-state index is 13.9. The van der Waals surface area contributed by atoms with Crippen molar-refractivity contribution in [2.24, 2.45) is 0 Å². The zero-order valence-electron chi connectivity index (χ0n) is 21.7. The van der Waals surface area contributed by atoms with Crippen molar-refractivity contribution in [2.75, 3.05) is 18.1 Å². The number of ketones is 1. The highest BCUT2D eigenvalue weighted by molar-refractivity contribution is 7.22. The van der Waals surface area contributed by atoms with Crippen molar-refractivity contribution >= 4 is 44.1 Å². The van der Waals surface area contributed by atoms with Crippen LogP contribution in [0, 0.1) is 12.7 Å². The number of fused-ring (bicyclic) bond motifs is 1. The van der Waals surface area contributed by atoms with Crippen LogP contribution in [0.15, 0.2) is 66.2 Å². The molecule has 1 atom stereocenters. The number of hydrogen-bond acceptors (Lipinski definition) is 7. The molecule has 1 saturated heterocycles. The fraction of sp³-hybridized carbons (Fsp3) is 0.233. The number of anilines is 1. The highest BCUT2D eigenvalue weighted by Gasteiger charge is 2.48. The largest absolute Gasteiger partial charge is 0.507 e. The molecule has 2 heterocycles. The van der Waals surface area contributed by atoms with E-state index in [2.05, 4.69) is 4.98 Å². The lowest BCUT2D eigenvalue weighted by atomic mass is 9.95. The molecular formula is C30H27FN2O5S. The third-order valence-corrected chi connectivity index (χ3v) is 7.38. The number of aromatic nitrogens is 1. The number of halogens is 1. The Morgan fingerprint density at radius 1 is 1.03 bits per heavy atom. The van der Waals surface area contributed by atoms with E-state index in [1.54, 1.807) is 30.3 Å². The molecular weight excluding hydrogens is 519 g/mol. The number of hydrogen-bond donors (Lipinski definition) is 1. The SMILES string of the molecule is CCCOc1ccc(C2C(=C(O)c3ccc(C)cc3)C(=O)C(=O)N2c2nc3ccc(F)cc3s2)cc1OCC. The predicted octanol–water partition coefficient (Wildman–Crippen LogP) is 6.56. The first-order chi connectivity index (χ1) is 18.8. The fourth-order valence-corrected chi connectivity index (χ4v) is 5.51. The summed E-state index contributed by atoms with van der Waals surface area (Å²) in [7, 11) is 0. The Balaban J connectivity index is 1.71. The Kier molecular flexibility index (Phi) is 7.34. The van der Waals surface area contributed by atoms with Crippen LogP contribution in [0.5, 0.6) is 11.5 Å². The minimum absolute atomic E-state index is 0.0704. The third kappa shape index (κ3) is 4.97. The zero-order chi connectivity index (χ0) is 27.7. The molecule has 0 saturated carbocycles. The van der Waals surface area contributed by atoms with Gasteiger partial charge < -0.3 is 14.6 Å². The molecule has 4 aromatic rings. The van der Waals surface area contributed by atoms with Crippen molar-refractivity contribution in [3.63, 3.8) is 0 Å². The van der Waals surface area contributed by atoms with Gasteiger partial charge in [-0.1, -0.05) is 54.2 Å². The van der Waals surface area contributed by atoms with E-state index >= 15 is 0 Å². The van der Waals surface area contributed by atoms with Gasteiger partial charge in [-0.15, -0.1) is 0 Å². The number of ether oxygens (including phenoxy) is 2. The number of carbonyl (C=O) groups excluding carboxylic acids is 2. The van der Waals surface area contributed by atoms with Gasteiger partial charge in [-0.3, -0.25) is 14.5 Å². The summed E-state index contributed by atoms with van der Waals surface area (Å²) < 4.78 is 26.1. The summed E-state index contributed by atoms with van der Waals surface area (Å²) in [6, 6.07) is 15.4. The van der Waals surface area contributed by atoms with Crippen molar-refractivity contribution in [1.29, 1.82) is 0 Å². The van der Waals surface area contributed by atoms with Gasteiger partial charge in [0.2, 0.25) is 0 Å². The van der Waals surface area contributed by atoms with Crippen LogP contribution in [-0.2, 0) is 9.59 Å². The molecule has 0 bridgehead atoms. The van der Waals surface area contributed by atoms with Crippen LogP contribution >= 0.6 is 11.3 Å². The molecule has 1 unspecified atom stereocenters. The number of carbonyl (C=O) groups is 2. The standard InChI is InChI=1S/C30H27FN2O5S/c1-4-14-38-22-13-10-19(15-23(22)37-5-2)26-25(27(34)18-8-6-17(3)7-9-18)28(35)29(36)33(26)30-32-21-12-11-20(31)16-24(21)39-30/h6-13,15-16,26,34H,4-5,14H2,1-3H3. The van der Waals surface area contributed by atoms with E-state index < -0.39 is 23.5 Å². The molecule has 5 rings (SSSR count). The molecule has 1 aliphatic heterocycles. The molecule has 7 nitrogen and oxygen atoms in total. The Hall–Kier alpha value is -4.24. The van der Waals surface area contributed by atoms with Crippen molar-refractivity contribution < 1.29 is 28.6 Å². The van der Waals surface area contributed by atoms with Crippen LogP contribution < -0.4 is 14.4 Å². The monoisotopic (exact) mass is 546 g/mol. The lowest BCUT2D eigenvalue weighted by molar-refractivity contribution is -0.132. The Bertz CT molecular complexity index is 1590. The second-order valence-electron chi connectivity index (χ2n) is 9.13. The van der Waals surface area contributed by atoms with Crippen molar-refractivity contribution in [1.82, 2.24) is 4.98 Å². The number of nitrogens with zero attached hydrogens (tertiary/aromatic N) is 2. The molecule has 3 aromatic carbocycles. The first kappa shape index (κ1) is 26.4. The van der Waals surface area contributed by atoms with E-state index in [1.807, 2.05) is 32.9 Å². The molecule has 39 heavy (non-hydrogen) atoms. The van der Waals surface area contributed by atoms with Gasteiger partial charge in [0.1, 0.15) is 11.6 Å². The van der Waals surface area contributed by atoms with Crippen molar-refractivity contribution in [3.05, 3.63) is 88.7 Å².